The highest BCUT2D eigenvalue weighted by Gasteiger charge is 2.13. The van der Waals surface area contributed by atoms with Crippen LogP contribution in [0.2, 0.25) is 0 Å². The lowest BCUT2D eigenvalue weighted by Gasteiger charge is -2.27. The van der Waals surface area contributed by atoms with Gasteiger partial charge in [-0.25, -0.2) is 9.78 Å². The minimum absolute atomic E-state index is 0.0493. The molecule has 2 N–H and O–H groups in total. The lowest BCUT2D eigenvalue weighted by molar-refractivity contribution is 0.122. The Morgan fingerprint density at radius 1 is 1.22 bits per heavy atom. The van der Waals surface area contributed by atoms with E-state index in [4.69, 9.17) is 4.74 Å². The van der Waals surface area contributed by atoms with Crippen LogP contribution in [0.15, 0.2) is 36.5 Å². The maximum atomic E-state index is 12.2. The molecule has 1 saturated heterocycles. The molecular formula is C21H28N4O2. The minimum Gasteiger partial charge on any atom is -0.378 e. The fourth-order valence-electron chi connectivity index (χ4n) is 3.23. The highest BCUT2D eigenvalue weighted by atomic mass is 16.5. The van der Waals surface area contributed by atoms with Crippen molar-refractivity contribution in [2.75, 3.05) is 31.2 Å². The molecule has 2 amide bonds. The van der Waals surface area contributed by atoms with Crippen molar-refractivity contribution in [1.82, 2.24) is 15.6 Å². The fraction of sp³-hybridized carbons (Fsp3) is 0.429. The van der Waals surface area contributed by atoms with Crippen LogP contribution in [0, 0.1) is 13.8 Å². The van der Waals surface area contributed by atoms with Gasteiger partial charge in [-0.05, 0) is 43.5 Å². The highest BCUT2D eigenvalue weighted by Crippen LogP contribution is 2.18. The summed E-state index contributed by atoms with van der Waals surface area (Å²) in [6.07, 6.45) is 1.82. The predicted molar refractivity (Wildman–Crippen MR) is 107 cm³/mol. The first-order valence-electron chi connectivity index (χ1n) is 9.42. The number of urea groups is 1. The monoisotopic (exact) mass is 368 g/mol. The maximum Gasteiger partial charge on any atom is 0.315 e. The van der Waals surface area contributed by atoms with Crippen LogP contribution in [0.1, 0.15) is 35.2 Å². The van der Waals surface area contributed by atoms with E-state index in [1.165, 1.54) is 11.1 Å². The Morgan fingerprint density at radius 2 is 2.00 bits per heavy atom. The maximum absolute atomic E-state index is 12.2. The van der Waals surface area contributed by atoms with Gasteiger partial charge in [-0.2, -0.15) is 0 Å². The molecule has 144 valence electrons. The molecule has 1 fully saturated rings. The van der Waals surface area contributed by atoms with Gasteiger partial charge in [0.1, 0.15) is 5.82 Å². The smallest absolute Gasteiger partial charge is 0.315 e. The normalized spacial score (nSPS) is 15.3. The summed E-state index contributed by atoms with van der Waals surface area (Å²) in [4.78, 5) is 19.0. The van der Waals surface area contributed by atoms with Crippen LogP contribution in [0.5, 0.6) is 0 Å². The molecule has 0 bridgehead atoms. The van der Waals surface area contributed by atoms with Crippen LogP contribution < -0.4 is 15.5 Å². The van der Waals surface area contributed by atoms with Crippen molar-refractivity contribution < 1.29 is 9.53 Å². The molecule has 6 heteroatoms. The first-order valence-corrected chi connectivity index (χ1v) is 9.42. The molecule has 3 rings (SSSR count). The van der Waals surface area contributed by atoms with Crippen molar-refractivity contribution in [2.45, 2.75) is 33.4 Å². The molecule has 1 aliphatic rings. The molecule has 27 heavy (non-hydrogen) atoms. The molecule has 2 heterocycles. The summed E-state index contributed by atoms with van der Waals surface area (Å²) < 4.78 is 5.36. The summed E-state index contributed by atoms with van der Waals surface area (Å²) in [6.45, 7) is 9.78. The van der Waals surface area contributed by atoms with E-state index in [1.807, 2.05) is 25.3 Å². The number of aromatic nitrogens is 1. The quantitative estimate of drug-likeness (QED) is 0.851. The molecule has 1 aliphatic heterocycles. The molecule has 1 aromatic carbocycles. The van der Waals surface area contributed by atoms with E-state index in [0.29, 0.717) is 6.54 Å². The van der Waals surface area contributed by atoms with Crippen LogP contribution in [-0.4, -0.2) is 37.3 Å². The molecule has 2 aromatic rings. The number of anilines is 1. The third-order valence-corrected chi connectivity index (χ3v) is 4.85. The van der Waals surface area contributed by atoms with E-state index in [-0.39, 0.29) is 12.1 Å². The number of aryl methyl sites for hydroxylation is 2. The zero-order valence-corrected chi connectivity index (χ0v) is 16.3. The number of carbonyl (C=O) groups excluding carboxylic acids is 1. The standard InChI is InChI=1S/C21H28N4O2/c1-15-4-5-16(2)19(12-15)17(3)24-21(26)23-14-18-6-7-20(22-13-18)25-8-10-27-11-9-25/h4-7,12-13,17H,8-11,14H2,1-3H3,(H2,23,24,26). The van der Waals surface area contributed by atoms with Gasteiger partial charge in [-0.3, -0.25) is 0 Å². The Morgan fingerprint density at radius 3 is 2.70 bits per heavy atom. The molecule has 0 radical (unpaired) electrons. The summed E-state index contributed by atoms with van der Waals surface area (Å²) in [5.41, 5.74) is 4.48. The lowest BCUT2D eigenvalue weighted by atomic mass is 10.0. The van der Waals surface area contributed by atoms with Crippen molar-refractivity contribution >= 4 is 11.8 Å². The molecule has 0 spiro atoms. The van der Waals surface area contributed by atoms with Crippen LogP contribution in [0.25, 0.3) is 0 Å². The Bertz CT molecular complexity index is 770. The third kappa shape index (κ3) is 5.20. The third-order valence-electron chi connectivity index (χ3n) is 4.85. The summed E-state index contributed by atoms with van der Waals surface area (Å²) >= 11 is 0. The van der Waals surface area contributed by atoms with Crippen molar-refractivity contribution in [3.63, 3.8) is 0 Å². The number of benzene rings is 1. The molecule has 6 nitrogen and oxygen atoms in total. The number of morpholine rings is 1. The molecule has 1 aromatic heterocycles. The molecular weight excluding hydrogens is 340 g/mol. The molecule has 0 aliphatic carbocycles. The second-order valence-electron chi connectivity index (χ2n) is 7.03. The summed E-state index contributed by atoms with van der Waals surface area (Å²) in [6, 6.07) is 10.1. The van der Waals surface area contributed by atoms with E-state index >= 15 is 0 Å². The van der Waals surface area contributed by atoms with Crippen LogP contribution in [0.4, 0.5) is 10.6 Å². The van der Waals surface area contributed by atoms with Gasteiger partial charge in [0.05, 0.1) is 19.3 Å². The summed E-state index contributed by atoms with van der Waals surface area (Å²) in [5, 5.41) is 5.91. The first-order chi connectivity index (χ1) is 13.0. The highest BCUT2D eigenvalue weighted by molar-refractivity contribution is 5.74. The Balaban J connectivity index is 1.50. The Labute approximate surface area is 160 Å². The SMILES string of the molecule is Cc1ccc(C)c(C(C)NC(=O)NCc2ccc(N3CCOCC3)nc2)c1. The van der Waals surface area contributed by atoms with Gasteiger partial charge in [0.25, 0.3) is 0 Å². The Hall–Kier alpha value is -2.60. The van der Waals surface area contributed by atoms with E-state index in [1.54, 1.807) is 0 Å². The molecule has 1 atom stereocenters. The number of hydrogen-bond donors (Lipinski definition) is 2. The van der Waals surface area contributed by atoms with Crippen LogP contribution >= 0.6 is 0 Å². The van der Waals surface area contributed by atoms with Gasteiger partial charge in [-0.15, -0.1) is 0 Å². The van der Waals surface area contributed by atoms with Crippen LogP contribution in [0.3, 0.4) is 0 Å². The molecule has 0 saturated carbocycles. The van der Waals surface area contributed by atoms with Gasteiger partial charge in [0.15, 0.2) is 0 Å². The largest absolute Gasteiger partial charge is 0.378 e. The number of rotatable bonds is 5. The van der Waals surface area contributed by atoms with E-state index in [9.17, 15) is 4.79 Å². The van der Waals surface area contributed by atoms with Crippen molar-refractivity contribution in [2.24, 2.45) is 0 Å². The zero-order valence-electron chi connectivity index (χ0n) is 16.3. The predicted octanol–water partition coefficient (Wildman–Crippen LogP) is 3.10. The summed E-state index contributed by atoms with van der Waals surface area (Å²) in [7, 11) is 0. The van der Waals surface area contributed by atoms with E-state index in [2.05, 4.69) is 52.6 Å². The first kappa shape index (κ1) is 19.2. The van der Waals surface area contributed by atoms with Crippen molar-refractivity contribution in [1.29, 1.82) is 0 Å². The van der Waals surface area contributed by atoms with Gasteiger partial charge in [0, 0.05) is 25.8 Å². The van der Waals surface area contributed by atoms with E-state index in [0.717, 1.165) is 43.2 Å². The van der Waals surface area contributed by atoms with Crippen molar-refractivity contribution in [3.05, 3.63) is 58.8 Å². The van der Waals surface area contributed by atoms with Gasteiger partial charge in [-0.1, -0.05) is 29.8 Å². The van der Waals surface area contributed by atoms with Crippen LogP contribution in [-0.2, 0) is 11.3 Å². The number of nitrogens with zero attached hydrogens (tertiary/aromatic N) is 2. The van der Waals surface area contributed by atoms with E-state index < -0.39 is 0 Å². The fourth-order valence-corrected chi connectivity index (χ4v) is 3.23. The second-order valence-corrected chi connectivity index (χ2v) is 7.03. The second kappa shape index (κ2) is 8.86. The topological polar surface area (TPSA) is 66.5 Å². The summed E-state index contributed by atoms with van der Waals surface area (Å²) in [5.74, 6) is 0.954. The number of ether oxygens (including phenoxy) is 1. The Kier molecular flexibility index (Phi) is 6.29. The van der Waals surface area contributed by atoms with Crippen molar-refractivity contribution in [3.8, 4) is 0 Å². The minimum atomic E-state index is -0.180. The lowest BCUT2D eigenvalue weighted by Crippen LogP contribution is -2.37. The number of hydrogen-bond acceptors (Lipinski definition) is 4. The average molecular weight is 368 g/mol. The number of carbonyl (C=O) groups is 1. The molecule has 1 unspecified atom stereocenters. The van der Waals surface area contributed by atoms with Gasteiger partial charge >= 0.3 is 6.03 Å². The van der Waals surface area contributed by atoms with Gasteiger partial charge in [0.2, 0.25) is 0 Å². The number of nitrogens with one attached hydrogen (secondary N) is 2. The van der Waals surface area contributed by atoms with Gasteiger partial charge < -0.3 is 20.3 Å². The zero-order chi connectivity index (χ0) is 19.2. The number of amides is 2. The number of pyridine rings is 1. The average Bonchev–Trinajstić information content (AvgIpc) is 2.69.